The first-order valence-electron chi connectivity index (χ1n) is 6.98. The molecule has 0 spiro atoms. The third kappa shape index (κ3) is 3.64. The number of carbonyl (C=O) groups excluding carboxylic acids is 1. The Kier molecular flexibility index (Phi) is 5.01. The van der Waals surface area contributed by atoms with E-state index in [1.807, 2.05) is 4.90 Å². The molecular weight excluding hydrogens is 268 g/mol. The van der Waals surface area contributed by atoms with E-state index in [0.717, 1.165) is 19.6 Å². The fourth-order valence-corrected chi connectivity index (χ4v) is 2.44. The fraction of sp³-hybridized carbons (Fsp3) is 0.467. The Morgan fingerprint density at radius 3 is 2.71 bits per heavy atom. The van der Waals surface area contributed by atoms with E-state index in [1.54, 1.807) is 18.2 Å². The summed E-state index contributed by atoms with van der Waals surface area (Å²) in [6.45, 7) is 3.69. The summed E-state index contributed by atoms with van der Waals surface area (Å²) in [5.41, 5.74) is 6.82. The number of anilines is 1. The Morgan fingerprint density at radius 2 is 2.10 bits per heavy atom. The first-order valence-corrected chi connectivity index (χ1v) is 6.98. The van der Waals surface area contributed by atoms with Crippen molar-refractivity contribution in [3.8, 4) is 11.8 Å². The van der Waals surface area contributed by atoms with Crippen LogP contribution in [0.1, 0.15) is 16.8 Å². The third-order valence-corrected chi connectivity index (χ3v) is 3.66. The predicted octanol–water partition coefficient (Wildman–Crippen LogP) is 0.949. The van der Waals surface area contributed by atoms with Crippen LogP contribution in [0.25, 0.3) is 0 Å². The lowest BCUT2D eigenvalue weighted by atomic mass is 10.1. The number of piperazine rings is 1. The Labute approximate surface area is 124 Å². The Morgan fingerprint density at radius 1 is 1.38 bits per heavy atom. The molecule has 21 heavy (non-hydrogen) atoms. The number of carbonyl (C=O) groups is 1. The van der Waals surface area contributed by atoms with Crippen molar-refractivity contribution in [3.63, 3.8) is 0 Å². The molecule has 0 atom stereocenters. The van der Waals surface area contributed by atoms with Crippen molar-refractivity contribution in [2.45, 2.75) is 6.42 Å². The number of nitrogens with zero attached hydrogens (tertiary/aromatic N) is 3. The van der Waals surface area contributed by atoms with Gasteiger partial charge in [0.25, 0.3) is 5.91 Å². The van der Waals surface area contributed by atoms with Crippen LogP contribution in [0.3, 0.4) is 0 Å². The van der Waals surface area contributed by atoms with Crippen LogP contribution < -0.4 is 10.5 Å². The molecule has 0 unspecified atom stereocenters. The lowest BCUT2D eigenvalue weighted by molar-refractivity contribution is 0.0636. The topological polar surface area (TPSA) is 82.6 Å². The van der Waals surface area contributed by atoms with Gasteiger partial charge in [-0.1, -0.05) is 0 Å². The highest BCUT2D eigenvalue weighted by Crippen LogP contribution is 2.23. The van der Waals surface area contributed by atoms with Gasteiger partial charge in [-0.2, -0.15) is 5.26 Å². The highest BCUT2D eigenvalue weighted by atomic mass is 16.5. The van der Waals surface area contributed by atoms with Crippen LogP contribution in [0.15, 0.2) is 18.2 Å². The van der Waals surface area contributed by atoms with Crippen LogP contribution in [0.4, 0.5) is 5.69 Å². The second-order valence-electron chi connectivity index (χ2n) is 5.00. The molecule has 1 heterocycles. The highest BCUT2D eigenvalue weighted by Gasteiger charge is 2.24. The maximum absolute atomic E-state index is 12.5. The van der Waals surface area contributed by atoms with Gasteiger partial charge in [-0.15, -0.1) is 0 Å². The van der Waals surface area contributed by atoms with E-state index in [1.165, 1.54) is 7.11 Å². The van der Waals surface area contributed by atoms with Crippen LogP contribution in [0.5, 0.6) is 5.75 Å². The smallest absolute Gasteiger partial charge is 0.257 e. The summed E-state index contributed by atoms with van der Waals surface area (Å²) in [7, 11) is 1.53. The molecule has 6 heteroatoms. The summed E-state index contributed by atoms with van der Waals surface area (Å²) in [4.78, 5) is 16.6. The average Bonchev–Trinajstić information content (AvgIpc) is 2.52. The SMILES string of the molecule is COc1cc(N)ccc1C(=O)N1CCN(CCC#N)CC1. The van der Waals surface area contributed by atoms with Gasteiger partial charge in [0.2, 0.25) is 0 Å². The Bertz CT molecular complexity index is 545. The number of rotatable bonds is 4. The number of ether oxygens (including phenoxy) is 1. The van der Waals surface area contributed by atoms with Gasteiger partial charge >= 0.3 is 0 Å². The van der Waals surface area contributed by atoms with Crippen molar-refractivity contribution in [1.82, 2.24) is 9.80 Å². The summed E-state index contributed by atoms with van der Waals surface area (Å²) < 4.78 is 5.24. The number of nitrogens with two attached hydrogens (primary N) is 1. The van der Waals surface area contributed by atoms with Gasteiger partial charge in [0.15, 0.2) is 0 Å². The number of nitriles is 1. The van der Waals surface area contributed by atoms with Crippen LogP contribution in [-0.4, -0.2) is 55.5 Å². The minimum absolute atomic E-state index is 0.0354. The van der Waals surface area contributed by atoms with Gasteiger partial charge in [-0.05, 0) is 12.1 Å². The largest absolute Gasteiger partial charge is 0.496 e. The molecule has 1 aromatic rings. The predicted molar refractivity (Wildman–Crippen MR) is 80.0 cm³/mol. The maximum Gasteiger partial charge on any atom is 0.257 e. The summed E-state index contributed by atoms with van der Waals surface area (Å²) in [6.07, 6.45) is 0.528. The molecule has 112 valence electrons. The molecular formula is C15H20N4O2. The van der Waals surface area contributed by atoms with E-state index in [4.69, 9.17) is 15.7 Å². The molecule has 1 amide bonds. The third-order valence-electron chi connectivity index (χ3n) is 3.66. The van der Waals surface area contributed by atoms with Crippen molar-refractivity contribution >= 4 is 11.6 Å². The zero-order valence-corrected chi connectivity index (χ0v) is 12.2. The molecule has 0 saturated carbocycles. The molecule has 2 rings (SSSR count). The van der Waals surface area contributed by atoms with Crippen molar-refractivity contribution in [2.75, 3.05) is 45.6 Å². The summed E-state index contributed by atoms with van der Waals surface area (Å²) >= 11 is 0. The number of nitrogen functional groups attached to an aromatic ring is 1. The monoisotopic (exact) mass is 288 g/mol. The minimum Gasteiger partial charge on any atom is -0.496 e. The molecule has 6 nitrogen and oxygen atoms in total. The second kappa shape index (κ2) is 6.95. The molecule has 1 aromatic carbocycles. The number of methoxy groups -OCH3 is 1. The first-order chi connectivity index (χ1) is 10.2. The van der Waals surface area contributed by atoms with Gasteiger partial charge in [-0.25, -0.2) is 0 Å². The molecule has 1 aliphatic rings. The number of amides is 1. The minimum atomic E-state index is -0.0354. The lowest BCUT2D eigenvalue weighted by Gasteiger charge is -2.34. The summed E-state index contributed by atoms with van der Waals surface area (Å²) in [5, 5.41) is 8.60. The molecule has 2 N–H and O–H groups in total. The lowest BCUT2D eigenvalue weighted by Crippen LogP contribution is -2.48. The normalized spacial score (nSPS) is 15.5. The van der Waals surface area contributed by atoms with E-state index < -0.39 is 0 Å². The van der Waals surface area contributed by atoms with Crippen LogP contribution in [-0.2, 0) is 0 Å². The molecule has 0 aliphatic carbocycles. The van der Waals surface area contributed by atoms with E-state index in [2.05, 4.69) is 11.0 Å². The molecule has 0 aromatic heterocycles. The van der Waals surface area contributed by atoms with Crippen molar-refractivity contribution in [1.29, 1.82) is 5.26 Å². The van der Waals surface area contributed by atoms with Crippen molar-refractivity contribution in [2.24, 2.45) is 0 Å². The van der Waals surface area contributed by atoms with Gasteiger partial charge in [0.1, 0.15) is 5.75 Å². The summed E-state index contributed by atoms with van der Waals surface area (Å²) in [5.74, 6) is 0.471. The average molecular weight is 288 g/mol. The molecule has 0 bridgehead atoms. The van der Waals surface area contributed by atoms with Crippen LogP contribution in [0, 0.1) is 11.3 Å². The maximum atomic E-state index is 12.5. The van der Waals surface area contributed by atoms with E-state index in [-0.39, 0.29) is 5.91 Å². The highest BCUT2D eigenvalue weighted by molar-refractivity contribution is 5.97. The Hall–Kier alpha value is -2.26. The number of benzene rings is 1. The van der Waals surface area contributed by atoms with Crippen LogP contribution >= 0.6 is 0 Å². The van der Waals surface area contributed by atoms with E-state index >= 15 is 0 Å². The van der Waals surface area contributed by atoms with E-state index in [0.29, 0.717) is 36.5 Å². The molecule has 0 radical (unpaired) electrons. The van der Waals surface area contributed by atoms with E-state index in [9.17, 15) is 4.79 Å². The number of hydrogen-bond acceptors (Lipinski definition) is 5. The summed E-state index contributed by atoms with van der Waals surface area (Å²) in [6, 6.07) is 7.22. The first kappa shape index (κ1) is 15.1. The second-order valence-corrected chi connectivity index (χ2v) is 5.00. The molecule has 1 aliphatic heterocycles. The van der Waals surface area contributed by atoms with Crippen molar-refractivity contribution in [3.05, 3.63) is 23.8 Å². The zero-order valence-electron chi connectivity index (χ0n) is 12.2. The standard InChI is InChI=1S/C15H20N4O2/c1-21-14-11-12(17)3-4-13(14)15(20)19-9-7-18(8-10-19)6-2-5-16/h3-4,11H,2,6-10,17H2,1H3. The van der Waals surface area contributed by atoms with Gasteiger partial charge < -0.3 is 15.4 Å². The molecule has 1 fully saturated rings. The Balaban J connectivity index is 2.01. The van der Waals surface area contributed by atoms with Crippen molar-refractivity contribution < 1.29 is 9.53 Å². The zero-order chi connectivity index (χ0) is 15.2. The quantitative estimate of drug-likeness (QED) is 0.834. The number of hydrogen-bond donors (Lipinski definition) is 1. The van der Waals surface area contributed by atoms with Gasteiger partial charge in [-0.3, -0.25) is 9.69 Å². The molecule has 1 saturated heterocycles. The van der Waals surface area contributed by atoms with Gasteiger partial charge in [0, 0.05) is 50.9 Å². The fourth-order valence-electron chi connectivity index (χ4n) is 2.44. The van der Waals surface area contributed by atoms with Crippen LogP contribution in [0.2, 0.25) is 0 Å². The van der Waals surface area contributed by atoms with Gasteiger partial charge in [0.05, 0.1) is 18.7 Å².